The molecule has 7 nitrogen and oxygen atoms in total. The molecule has 4 aromatic rings. The van der Waals surface area contributed by atoms with E-state index < -0.39 is 0 Å². The lowest BCUT2D eigenvalue weighted by atomic mass is 10.2. The fourth-order valence-corrected chi connectivity index (χ4v) is 2.75. The molecule has 0 unspecified atom stereocenters. The minimum atomic E-state index is 0.573. The summed E-state index contributed by atoms with van der Waals surface area (Å²) in [6.07, 6.45) is 7.13. The third kappa shape index (κ3) is 3.68. The van der Waals surface area contributed by atoms with Crippen molar-refractivity contribution in [2.24, 2.45) is 0 Å². The summed E-state index contributed by atoms with van der Waals surface area (Å²) in [7, 11) is 2.02. The third-order valence-corrected chi connectivity index (χ3v) is 3.94. The first kappa shape index (κ1) is 16.2. The summed E-state index contributed by atoms with van der Waals surface area (Å²) < 4.78 is 7.22. The lowest BCUT2D eigenvalue weighted by molar-refractivity contribution is 0.261. The van der Waals surface area contributed by atoms with Gasteiger partial charge in [-0.05, 0) is 42.9 Å². The van der Waals surface area contributed by atoms with Crippen molar-refractivity contribution >= 4 is 0 Å². The first-order valence-corrected chi connectivity index (χ1v) is 8.28. The van der Waals surface area contributed by atoms with Crippen LogP contribution in [0.5, 0.6) is 0 Å². The Balaban J connectivity index is 1.42. The molecule has 0 amide bonds. The minimum absolute atomic E-state index is 0.573. The van der Waals surface area contributed by atoms with Crippen LogP contribution < -0.4 is 0 Å². The van der Waals surface area contributed by atoms with Gasteiger partial charge in [-0.15, -0.1) is 0 Å². The summed E-state index contributed by atoms with van der Waals surface area (Å²) in [6, 6.07) is 13.9. The molecule has 0 N–H and O–H groups in total. The zero-order valence-electron chi connectivity index (χ0n) is 14.4. The highest BCUT2D eigenvalue weighted by Crippen LogP contribution is 2.16. The SMILES string of the molecule is CN(Cc1cccc(-n2cccn2)c1)Cc1nc(-c2ccncc2)no1. The van der Waals surface area contributed by atoms with Crippen LogP contribution in [0.4, 0.5) is 0 Å². The number of hydrogen-bond donors (Lipinski definition) is 0. The van der Waals surface area contributed by atoms with Crippen LogP contribution in [0.2, 0.25) is 0 Å². The molecule has 1 aromatic carbocycles. The molecule has 0 saturated carbocycles. The van der Waals surface area contributed by atoms with Crippen LogP contribution in [0.25, 0.3) is 17.1 Å². The fraction of sp³-hybridized carbons (Fsp3) is 0.158. The summed E-state index contributed by atoms with van der Waals surface area (Å²) in [4.78, 5) is 10.6. The van der Waals surface area contributed by atoms with E-state index >= 15 is 0 Å². The Morgan fingerprint density at radius 1 is 1.04 bits per heavy atom. The van der Waals surface area contributed by atoms with Crippen LogP contribution in [-0.4, -0.2) is 36.9 Å². The van der Waals surface area contributed by atoms with Crippen molar-refractivity contribution < 1.29 is 4.52 Å². The summed E-state index contributed by atoms with van der Waals surface area (Å²) in [5, 5.41) is 8.31. The van der Waals surface area contributed by atoms with Gasteiger partial charge in [-0.3, -0.25) is 9.88 Å². The van der Waals surface area contributed by atoms with Crippen molar-refractivity contribution in [2.75, 3.05) is 7.05 Å². The van der Waals surface area contributed by atoms with Crippen molar-refractivity contribution in [2.45, 2.75) is 13.1 Å². The lowest BCUT2D eigenvalue weighted by Crippen LogP contribution is -2.17. The second-order valence-corrected chi connectivity index (χ2v) is 6.04. The summed E-state index contributed by atoms with van der Waals surface area (Å²) in [5.74, 6) is 1.17. The second kappa shape index (κ2) is 7.28. The van der Waals surface area contributed by atoms with Crippen LogP contribution in [0.3, 0.4) is 0 Å². The van der Waals surface area contributed by atoms with Crippen molar-refractivity contribution in [3.8, 4) is 17.1 Å². The first-order valence-electron chi connectivity index (χ1n) is 8.28. The molecular formula is C19H18N6O. The molecule has 0 aliphatic rings. The van der Waals surface area contributed by atoms with E-state index in [2.05, 4.69) is 37.3 Å². The molecule has 26 heavy (non-hydrogen) atoms. The van der Waals surface area contributed by atoms with Crippen LogP contribution in [0, 0.1) is 0 Å². The van der Waals surface area contributed by atoms with Crippen LogP contribution in [0.15, 0.2) is 71.8 Å². The van der Waals surface area contributed by atoms with E-state index in [1.807, 2.05) is 48.3 Å². The second-order valence-electron chi connectivity index (χ2n) is 6.04. The number of hydrogen-bond acceptors (Lipinski definition) is 6. The highest BCUT2D eigenvalue weighted by molar-refractivity contribution is 5.52. The number of pyridine rings is 1. The molecule has 0 bridgehead atoms. The summed E-state index contributed by atoms with van der Waals surface area (Å²) >= 11 is 0. The Morgan fingerprint density at radius 2 is 1.92 bits per heavy atom. The smallest absolute Gasteiger partial charge is 0.241 e. The van der Waals surface area contributed by atoms with Gasteiger partial charge in [0.15, 0.2) is 0 Å². The van der Waals surface area contributed by atoms with E-state index in [-0.39, 0.29) is 0 Å². The van der Waals surface area contributed by atoms with Gasteiger partial charge in [-0.2, -0.15) is 10.1 Å². The predicted molar refractivity (Wildman–Crippen MR) is 96.3 cm³/mol. The molecule has 0 aliphatic heterocycles. The Hall–Kier alpha value is -3.32. The van der Waals surface area contributed by atoms with Gasteiger partial charge in [0.2, 0.25) is 11.7 Å². The number of aromatic nitrogens is 5. The highest BCUT2D eigenvalue weighted by atomic mass is 16.5. The van der Waals surface area contributed by atoms with Crippen molar-refractivity contribution in [1.29, 1.82) is 0 Å². The van der Waals surface area contributed by atoms with E-state index in [0.29, 0.717) is 18.3 Å². The largest absolute Gasteiger partial charge is 0.338 e. The molecule has 0 spiro atoms. The fourth-order valence-electron chi connectivity index (χ4n) is 2.75. The molecule has 4 rings (SSSR count). The molecule has 0 saturated heterocycles. The predicted octanol–water partition coefficient (Wildman–Crippen LogP) is 2.95. The van der Waals surface area contributed by atoms with E-state index in [4.69, 9.17) is 4.52 Å². The zero-order chi connectivity index (χ0) is 17.8. The average molecular weight is 346 g/mol. The van der Waals surface area contributed by atoms with Gasteiger partial charge in [0, 0.05) is 36.9 Å². The Kier molecular flexibility index (Phi) is 4.53. The van der Waals surface area contributed by atoms with Crippen LogP contribution in [0.1, 0.15) is 11.5 Å². The normalized spacial score (nSPS) is 11.2. The van der Waals surface area contributed by atoms with E-state index in [1.54, 1.807) is 18.6 Å². The van der Waals surface area contributed by atoms with Crippen molar-refractivity contribution in [1.82, 2.24) is 29.8 Å². The average Bonchev–Trinajstić information content (AvgIpc) is 3.35. The molecule has 0 radical (unpaired) electrons. The van der Waals surface area contributed by atoms with E-state index in [9.17, 15) is 0 Å². The topological polar surface area (TPSA) is 72.9 Å². The van der Waals surface area contributed by atoms with Crippen molar-refractivity contribution in [3.05, 3.63) is 78.7 Å². The number of benzene rings is 1. The number of rotatable bonds is 6. The van der Waals surface area contributed by atoms with Gasteiger partial charge in [-0.1, -0.05) is 17.3 Å². The Morgan fingerprint density at radius 3 is 2.73 bits per heavy atom. The maximum atomic E-state index is 5.37. The molecule has 3 heterocycles. The van der Waals surface area contributed by atoms with Gasteiger partial charge < -0.3 is 4.52 Å². The lowest BCUT2D eigenvalue weighted by Gasteiger charge is -2.14. The van der Waals surface area contributed by atoms with Gasteiger partial charge >= 0.3 is 0 Å². The van der Waals surface area contributed by atoms with Crippen LogP contribution >= 0.6 is 0 Å². The third-order valence-electron chi connectivity index (χ3n) is 3.94. The standard InChI is InChI=1S/C19H18N6O/c1-24(13-15-4-2-5-17(12-15)25-11-3-8-21-25)14-18-22-19(23-26-18)16-6-9-20-10-7-16/h2-12H,13-14H2,1H3. The summed E-state index contributed by atoms with van der Waals surface area (Å²) in [6.45, 7) is 1.34. The zero-order valence-corrected chi connectivity index (χ0v) is 14.4. The maximum Gasteiger partial charge on any atom is 0.241 e. The molecular weight excluding hydrogens is 328 g/mol. The molecule has 0 fully saturated rings. The first-order chi connectivity index (χ1) is 12.8. The van der Waals surface area contributed by atoms with Gasteiger partial charge in [0.1, 0.15) is 0 Å². The Labute approximate surface area is 150 Å². The molecule has 0 atom stereocenters. The quantitative estimate of drug-likeness (QED) is 0.534. The van der Waals surface area contributed by atoms with E-state index in [0.717, 1.165) is 17.8 Å². The highest BCUT2D eigenvalue weighted by Gasteiger charge is 2.11. The molecule has 0 aliphatic carbocycles. The summed E-state index contributed by atoms with van der Waals surface area (Å²) in [5.41, 5.74) is 3.12. The van der Waals surface area contributed by atoms with Crippen LogP contribution in [-0.2, 0) is 13.1 Å². The van der Waals surface area contributed by atoms with Gasteiger partial charge in [-0.25, -0.2) is 4.68 Å². The molecule has 7 heteroatoms. The monoisotopic (exact) mass is 346 g/mol. The van der Waals surface area contributed by atoms with Gasteiger partial charge in [0.25, 0.3) is 0 Å². The van der Waals surface area contributed by atoms with E-state index in [1.165, 1.54) is 5.56 Å². The van der Waals surface area contributed by atoms with Gasteiger partial charge in [0.05, 0.1) is 12.2 Å². The minimum Gasteiger partial charge on any atom is -0.338 e. The number of nitrogens with zero attached hydrogens (tertiary/aromatic N) is 6. The molecule has 130 valence electrons. The maximum absolute atomic E-state index is 5.37. The Bertz CT molecular complexity index is 965. The van der Waals surface area contributed by atoms with Crippen molar-refractivity contribution in [3.63, 3.8) is 0 Å². The molecule has 3 aromatic heterocycles.